The highest BCUT2D eigenvalue weighted by Crippen LogP contribution is 2.29. The summed E-state index contributed by atoms with van der Waals surface area (Å²) in [6.07, 6.45) is 6.83. The lowest BCUT2D eigenvalue weighted by Crippen LogP contribution is -2.20. The summed E-state index contributed by atoms with van der Waals surface area (Å²) in [5, 5.41) is 11.7. The average molecular weight is 463 g/mol. The Morgan fingerprint density at radius 1 is 1.22 bits per heavy atom. The lowest BCUT2D eigenvalue weighted by molar-refractivity contribution is 0.201. The van der Waals surface area contributed by atoms with E-state index >= 15 is 0 Å². The van der Waals surface area contributed by atoms with Gasteiger partial charge < -0.3 is 20.1 Å². The van der Waals surface area contributed by atoms with E-state index in [4.69, 9.17) is 9.84 Å². The van der Waals surface area contributed by atoms with Gasteiger partial charge in [-0.15, -0.1) is 0 Å². The third kappa shape index (κ3) is 6.70. The molecule has 1 unspecified atom stereocenters. The van der Waals surface area contributed by atoms with Crippen LogP contribution in [0.1, 0.15) is 47.0 Å². The van der Waals surface area contributed by atoms with Crippen molar-refractivity contribution in [1.29, 1.82) is 0 Å². The van der Waals surface area contributed by atoms with E-state index in [1.807, 2.05) is 13.0 Å². The molecule has 178 valence electrons. The predicted molar refractivity (Wildman–Crippen MR) is 130 cm³/mol. The Balaban J connectivity index is 2.33. The van der Waals surface area contributed by atoms with Crippen molar-refractivity contribution in [3.63, 3.8) is 0 Å². The zero-order valence-corrected chi connectivity index (χ0v) is 20.8. The van der Waals surface area contributed by atoms with Crippen LogP contribution in [-0.4, -0.2) is 57.0 Å². The molecule has 1 aromatic rings. The van der Waals surface area contributed by atoms with Crippen molar-refractivity contribution in [1.82, 2.24) is 10.2 Å². The van der Waals surface area contributed by atoms with Gasteiger partial charge in [0, 0.05) is 31.4 Å². The van der Waals surface area contributed by atoms with Crippen LogP contribution in [0.2, 0.25) is 0 Å². The van der Waals surface area contributed by atoms with Gasteiger partial charge in [0.1, 0.15) is 12.4 Å². The fourth-order valence-corrected chi connectivity index (χ4v) is 5.25. The Kier molecular flexibility index (Phi) is 10.0. The zero-order chi connectivity index (χ0) is 23.7. The van der Waals surface area contributed by atoms with Gasteiger partial charge >= 0.3 is 0 Å². The third-order valence-corrected chi connectivity index (χ3v) is 7.88. The number of aliphatic hydroxyl groups excluding tert-OH is 1. The topological polar surface area (TPSA) is 78.9 Å². The number of ether oxygens (including phenoxy) is 1. The molecular formula is C25H38N2O4S. The molecule has 1 aliphatic rings. The van der Waals surface area contributed by atoms with Gasteiger partial charge in [-0.2, -0.15) is 0 Å². The fraction of sp³-hybridized carbons (Fsp3) is 0.520. The maximum atomic E-state index is 13.2. The second-order valence-corrected chi connectivity index (χ2v) is 10.4. The van der Waals surface area contributed by atoms with Crippen LogP contribution >= 0.6 is 0 Å². The molecule has 32 heavy (non-hydrogen) atoms. The number of sulfone groups is 1. The maximum Gasteiger partial charge on any atom is 0.184 e. The third-order valence-electron chi connectivity index (χ3n) is 5.83. The molecule has 6 nitrogen and oxygen atoms in total. The standard InChI is InChI=1S/C25H38N2O4S/c1-6-7-20(3)27(5)25-13-15-26-14-12-24(25)19(2)18-21(4)32(29,30)23-10-8-22(9-11-23)31-17-16-28/h7-11,18,21,26,28H,6,12-17H2,1-5H3/b19-18+,20-7+. The first-order chi connectivity index (χ1) is 15.2. The van der Waals surface area contributed by atoms with Crippen molar-refractivity contribution in [2.45, 2.75) is 57.1 Å². The molecule has 0 aromatic heterocycles. The summed E-state index contributed by atoms with van der Waals surface area (Å²) in [5.41, 5.74) is 4.69. The molecule has 0 spiro atoms. The average Bonchev–Trinajstić information content (AvgIpc) is 3.03. The van der Waals surface area contributed by atoms with Crippen molar-refractivity contribution in [2.75, 3.05) is 33.4 Å². The lowest BCUT2D eigenvalue weighted by atomic mass is 9.99. The minimum absolute atomic E-state index is 0.0858. The highest BCUT2D eigenvalue weighted by atomic mass is 32.2. The van der Waals surface area contributed by atoms with E-state index in [0.29, 0.717) is 5.75 Å². The molecule has 1 heterocycles. The highest BCUT2D eigenvalue weighted by molar-refractivity contribution is 7.92. The van der Waals surface area contributed by atoms with Crippen molar-refractivity contribution in [3.8, 4) is 5.75 Å². The van der Waals surface area contributed by atoms with Gasteiger partial charge in [0.05, 0.1) is 16.8 Å². The summed E-state index contributed by atoms with van der Waals surface area (Å²) in [6, 6.07) is 6.38. The van der Waals surface area contributed by atoms with Crippen molar-refractivity contribution < 1.29 is 18.3 Å². The van der Waals surface area contributed by atoms with Crippen molar-refractivity contribution in [3.05, 3.63) is 59.0 Å². The van der Waals surface area contributed by atoms with Gasteiger partial charge in [-0.05, 0) is 75.6 Å². The quantitative estimate of drug-likeness (QED) is 0.546. The van der Waals surface area contributed by atoms with E-state index < -0.39 is 15.1 Å². The Hall–Kier alpha value is -2.09. The van der Waals surface area contributed by atoms with Gasteiger partial charge in [0.15, 0.2) is 9.84 Å². The predicted octanol–water partition coefficient (Wildman–Crippen LogP) is 4.05. The molecular weight excluding hydrogens is 424 g/mol. The summed E-state index contributed by atoms with van der Waals surface area (Å²) >= 11 is 0. The van der Waals surface area contributed by atoms with Gasteiger partial charge in [-0.3, -0.25) is 0 Å². The first-order valence-electron chi connectivity index (χ1n) is 11.3. The molecule has 0 amide bonds. The van der Waals surface area contributed by atoms with Crippen LogP contribution in [0, 0.1) is 0 Å². The molecule has 1 atom stereocenters. The van der Waals surface area contributed by atoms with Crippen molar-refractivity contribution in [2.24, 2.45) is 0 Å². The molecule has 0 saturated heterocycles. The minimum atomic E-state index is -3.53. The summed E-state index contributed by atoms with van der Waals surface area (Å²) in [6.45, 7) is 9.88. The smallest absolute Gasteiger partial charge is 0.184 e. The first-order valence-corrected chi connectivity index (χ1v) is 12.9. The number of allylic oxidation sites excluding steroid dienone is 3. The number of rotatable bonds is 10. The Morgan fingerprint density at radius 3 is 2.50 bits per heavy atom. The normalized spacial score (nSPS) is 17.2. The largest absolute Gasteiger partial charge is 0.491 e. The second-order valence-electron chi connectivity index (χ2n) is 8.13. The van der Waals surface area contributed by atoms with Gasteiger partial charge in [-0.25, -0.2) is 8.42 Å². The molecule has 1 aromatic carbocycles. The Morgan fingerprint density at radius 2 is 1.88 bits per heavy atom. The minimum Gasteiger partial charge on any atom is -0.491 e. The number of nitrogens with one attached hydrogen (secondary N) is 1. The molecule has 0 aliphatic carbocycles. The Bertz CT molecular complexity index is 947. The van der Waals surface area contributed by atoms with Crippen LogP contribution in [0.5, 0.6) is 5.75 Å². The zero-order valence-electron chi connectivity index (χ0n) is 20.0. The lowest BCUT2D eigenvalue weighted by Gasteiger charge is -2.26. The number of hydrogen-bond donors (Lipinski definition) is 2. The van der Waals surface area contributed by atoms with Crippen LogP contribution in [0.15, 0.2) is 63.9 Å². The van der Waals surface area contributed by atoms with E-state index in [9.17, 15) is 8.42 Å². The van der Waals surface area contributed by atoms with Crippen LogP contribution in [-0.2, 0) is 9.84 Å². The summed E-state index contributed by atoms with van der Waals surface area (Å²) in [7, 11) is -1.43. The fourth-order valence-electron chi connectivity index (χ4n) is 3.93. The summed E-state index contributed by atoms with van der Waals surface area (Å²) in [5.74, 6) is 0.539. The number of benzene rings is 1. The molecule has 1 aliphatic heterocycles. The van der Waals surface area contributed by atoms with E-state index in [0.717, 1.165) is 37.9 Å². The van der Waals surface area contributed by atoms with E-state index in [-0.39, 0.29) is 18.1 Å². The number of aliphatic hydroxyl groups is 1. The SMILES string of the molecule is CC/C=C(\C)N(C)C1=C(/C(C)=C/C(C)S(=O)(=O)c2ccc(OCCO)cc2)CCNCC1. The van der Waals surface area contributed by atoms with E-state index in [1.165, 1.54) is 17.0 Å². The van der Waals surface area contributed by atoms with Crippen molar-refractivity contribution >= 4 is 9.84 Å². The second kappa shape index (κ2) is 12.2. The number of nitrogens with zero attached hydrogens (tertiary/aromatic N) is 1. The highest BCUT2D eigenvalue weighted by Gasteiger charge is 2.23. The van der Waals surface area contributed by atoms with Gasteiger partial charge in [-0.1, -0.05) is 19.1 Å². The summed E-state index contributed by atoms with van der Waals surface area (Å²) < 4.78 is 31.7. The molecule has 0 saturated carbocycles. The van der Waals surface area contributed by atoms with Crippen LogP contribution < -0.4 is 10.1 Å². The first kappa shape index (κ1) is 26.2. The van der Waals surface area contributed by atoms with Crippen LogP contribution in [0.3, 0.4) is 0 Å². The van der Waals surface area contributed by atoms with Crippen LogP contribution in [0.4, 0.5) is 0 Å². The summed E-state index contributed by atoms with van der Waals surface area (Å²) in [4.78, 5) is 2.51. The molecule has 0 bridgehead atoms. The molecule has 2 N–H and O–H groups in total. The van der Waals surface area contributed by atoms with E-state index in [1.54, 1.807) is 31.2 Å². The monoisotopic (exact) mass is 462 g/mol. The maximum absolute atomic E-state index is 13.2. The van der Waals surface area contributed by atoms with Gasteiger partial charge in [0.2, 0.25) is 0 Å². The van der Waals surface area contributed by atoms with E-state index in [2.05, 4.69) is 37.2 Å². The molecule has 7 heteroatoms. The molecule has 0 fully saturated rings. The van der Waals surface area contributed by atoms with Gasteiger partial charge in [0.25, 0.3) is 0 Å². The number of hydrogen-bond acceptors (Lipinski definition) is 6. The molecule has 0 radical (unpaired) electrons. The van der Waals surface area contributed by atoms with Crippen LogP contribution in [0.25, 0.3) is 0 Å². The molecule has 2 rings (SSSR count). The Labute approximate surface area is 193 Å².